The Balaban J connectivity index is 4.17. The number of hydrogen-bond acceptors (Lipinski definition) is 4. The highest BCUT2D eigenvalue weighted by molar-refractivity contribution is 7.90. The Kier molecular flexibility index (Phi) is 4.19. The highest BCUT2D eigenvalue weighted by Gasteiger charge is 2.17. The van der Waals surface area contributed by atoms with Gasteiger partial charge in [-0.3, -0.25) is 9.52 Å². The molecule has 0 aliphatic rings. The van der Waals surface area contributed by atoms with Crippen molar-refractivity contribution in [2.24, 2.45) is 5.73 Å². The topological polar surface area (TPSA) is 89.3 Å². The first-order chi connectivity index (χ1) is 5.40. The molecule has 0 aromatic rings. The van der Waals surface area contributed by atoms with Crippen LogP contribution in [0.5, 0.6) is 0 Å². The Morgan fingerprint density at radius 3 is 2.33 bits per heavy atom. The van der Waals surface area contributed by atoms with Gasteiger partial charge in [0, 0.05) is 13.0 Å². The molecule has 0 heterocycles. The van der Waals surface area contributed by atoms with E-state index in [2.05, 4.69) is 0 Å². The fourth-order valence-corrected chi connectivity index (χ4v) is 1.11. The summed E-state index contributed by atoms with van der Waals surface area (Å²) in [7, 11) is -3.47. The summed E-state index contributed by atoms with van der Waals surface area (Å²) >= 11 is 0. The Morgan fingerprint density at radius 1 is 1.50 bits per heavy atom. The van der Waals surface area contributed by atoms with E-state index in [1.165, 1.54) is 13.8 Å². The van der Waals surface area contributed by atoms with Crippen LogP contribution in [0.4, 0.5) is 0 Å². The summed E-state index contributed by atoms with van der Waals surface area (Å²) in [6, 6.07) is 0. The lowest BCUT2D eigenvalue weighted by atomic mass is 10.4. The van der Waals surface area contributed by atoms with Gasteiger partial charge in [0.1, 0.15) is 0 Å². The van der Waals surface area contributed by atoms with E-state index in [-0.39, 0.29) is 13.0 Å². The lowest BCUT2D eigenvalue weighted by Crippen LogP contribution is -2.36. The van der Waals surface area contributed by atoms with Gasteiger partial charge in [0.15, 0.2) is 0 Å². The number of amides is 1. The second-order valence-corrected chi connectivity index (χ2v) is 4.89. The minimum atomic E-state index is -3.47. The van der Waals surface area contributed by atoms with Crippen molar-refractivity contribution in [3.8, 4) is 0 Å². The summed E-state index contributed by atoms with van der Waals surface area (Å²) in [5.74, 6) is -0.550. The van der Waals surface area contributed by atoms with Crippen molar-refractivity contribution in [1.29, 1.82) is 0 Å². The van der Waals surface area contributed by atoms with E-state index in [1.54, 1.807) is 0 Å². The fraction of sp³-hybridized carbons (Fsp3) is 0.833. The van der Waals surface area contributed by atoms with Crippen molar-refractivity contribution >= 4 is 15.9 Å². The second kappa shape index (κ2) is 4.42. The number of nitrogens with two attached hydrogens (primary N) is 1. The molecule has 0 aliphatic heterocycles. The Labute approximate surface area is 72.4 Å². The molecule has 12 heavy (non-hydrogen) atoms. The van der Waals surface area contributed by atoms with Crippen LogP contribution in [-0.4, -0.2) is 26.1 Å². The molecule has 0 aromatic carbocycles. The van der Waals surface area contributed by atoms with Crippen LogP contribution in [-0.2, 0) is 14.8 Å². The maximum absolute atomic E-state index is 11.0. The number of nitrogens with one attached hydrogen (secondary N) is 1. The minimum Gasteiger partial charge on any atom is -0.330 e. The van der Waals surface area contributed by atoms with Crippen LogP contribution in [0.1, 0.15) is 20.3 Å². The van der Waals surface area contributed by atoms with Crippen molar-refractivity contribution in [3.05, 3.63) is 0 Å². The molecule has 0 aromatic heterocycles. The van der Waals surface area contributed by atoms with Crippen LogP contribution in [0.25, 0.3) is 0 Å². The quantitative estimate of drug-likeness (QED) is 0.612. The van der Waals surface area contributed by atoms with E-state index in [0.29, 0.717) is 0 Å². The van der Waals surface area contributed by atoms with Crippen LogP contribution in [0.15, 0.2) is 0 Å². The van der Waals surface area contributed by atoms with Crippen molar-refractivity contribution in [3.63, 3.8) is 0 Å². The second-order valence-electron chi connectivity index (χ2n) is 2.66. The van der Waals surface area contributed by atoms with Gasteiger partial charge in [0.2, 0.25) is 15.9 Å². The Morgan fingerprint density at radius 2 is 2.00 bits per heavy atom. The third-order valence-electron chi connectivity index (χ3n) is 1.25. The molecule has 1 amide bonds. The molecule has 0 spiro atoms. The number of hydrogen-bond donors (Lipinski definition) is 2. The van der Waals surface area contributed by atoms with E-state index in [4.69, 9.17) is 5.73 Å². The average Bonchev–Trinajstić information content (AvgIpc) is 1.85. The summed E-state index contributed by atoms with van der Waals surface area (Å²) in [5.41, 5.74) is 5.07. The summed E-state index contributed by atoms with van der Waals surface area (Å²) in [6.07, 6.45) is 0.0337. The predicted molar refractivity (Wildman–Crippen MR) is 45.9 cm³/mol. The number of carbonyl (C=O) groups excluding carboxylic acids is 1. The van der Waals surface area contributed by atoms with Crippen LogP contribution in [0.2, 0.25) is 0 Å². The normalized spacial score (nSPS) is 11.7. The molecule has 0 bridgehead atoms. The summed E-state index contributed by atoms with van der Waals surface area (Å²) in [4.78, 5) is 10.8. The molecular weight excluding hydrogens is 180 g/mol. The molecule has 0 saturated heterocycles. The lowest BCUT2D eigenvalue weighted by molar-refractivity contribution is -0.119. The van der Waals surface area contributed by atoms with Crippen LogP contribution in [0.3, 0.4) is 0 Å². The van der Waals surface area contributed by atoms with Gasteiger partial charge in [-0.2, -0.15) is 0 Å². The monoisotopic (exact) mass is 194 g/mol. The maximum Gasteiger partial charge on any atom is 0.237 e. The number of carbonyl (C=O) groups is 1. The zero-order chi connectivity index (χ0) is 9.78. The summed E-state index contributed by atoms with van der Waals surface area (Å²) in [5, 5.41) is -0.598. The first kappa shape index (κ1) is 11.4. The first-order valence-corrected chi connectivity index (χ1v) is 5.19. The van der Waals surface area contributed by atoms with Crippen molar-refractivity contribution < 1.29 is 13.2 Å². The highest BCUT2D eigenvalue weighted by Crippen LogP contribution is 1.95. The van der Waals surface area contributed by atoms with Crippen LogP contribution in [0, 0.1) is 0 Å². The van der Waals surface area contributed by atoms with E-state index < -0.39 is 21.2 Å². The maximum atomic E-state index is 11.0. The van der Waals surface area contributed by atoms with Crippen molar-refractivity contribution in [2.75, 3.05) is 6.54 Å². The van der Waals surface area contributed by atoms with Crippen molar-refractivity contribution in [2.45, 2.75) is 25.5 Å². The molecule has 0 aliphatic carbocycles. The number of sulfonamides is 1. The molecule has 72 valence electrons. The SMILES string of the molecule is CC(C)S(=O)(=O)NC(=O)CCN. The molecule has 0 atom stereocenters. The zero-order valence-corrected chi connectivity index (χ0v) is 8.02. The molecule has 0 fully saturated rings. The first-order valence-electron chi connectivity index (χ1n) is 3.64. The molecular formula is C6H14N2O3S. The minimum absolute atomic E-state index is 0.0337. The van der Waals surface area contributed by atoms with Gasteiger partial charge in [-0.05, 0) is 13.8 Å². The van der Waals surface area contributed by atoms with Gasteiger partial charge in [-0.15, -0.1) is 0 Å². The van der Waals surface area contributed by atoms with E-state index in [1.807, 2.05) is 4.72 Å². The highest BCUT2D eigenvalue weighted by atomic mass is 32.2. The standard InChI is InChI=1S/C6H14N2O3S/c1-5(2)12(10,11)8-6(9)3-4-7/h5H,3-4,7H2,1-2H3,(H,8,9). The third-order valence-corrected chi connectivity index (χ3v) is 3.00. The zero-order valence-electron chi connectivity index (χ0n) is 7.20. The van der Waals surface area contributed by atoms with Crippen LogP contribution < -0.4 is 10.5 Å². The Hall–Kier alpha value is -0.620. The van der Waals surface area contributed by atoms with E-state index in [0.717, 1.165) is 0 Å². The van der Waals surface area contributed by atoms with Crippen LogP contribution >= 0.6 is 0 Å². The summed E-state index contributed by atoms with van der Waals surface area (Å²) in [6.45, 7) is 3.15. The van der Waals surface area contributed by atoms with Gasteiger partial charge >= 0.3 is 0 Å². The Bertz CT molecular complexity index is 246. The molecule has 5 nitrogen and oxygen atoms in total. The van der Waals surface area contributed by atoms with Gasteiger partial charge < -0.3 is 5.73 Å². The van der Waals surface area contributed by atoms with Gasteiger partial charge in [-0.25, -0.2) is 8.42 Å². The predicted octanol–water partition coefficient (Wildman–Crippen LogP) is -0.810. The third kappa shape index (κ3) is 3.68. The molecule has 0 unspecified atom stereocenters. The molecule has 3 N–H and O–H groups in total. The lowest BCUT2D eigenvalue weighted by Gasteiger charge is -2.08. The summed E-state index contributed by atoms with van der Waals surface area (Å²) < 4.78 is 24.0. The molecule has 6 heteroatoms. The molecule has 0 saturated carbocycles. The fourth-order valence-electron chi connectivity index (χ4n) is 0.459. The van der Waals surface area contributed by atoms with E-state index in [9.17, 15) is 13.2 Å². The average molecular weight is 194 g/mol. The largest absolute Gasteiger partial charge is 0.330 e. The van der Waals surface area contributed by atoms with Gasteiger partial charge in [-0.1, -0.05) is 0 Å². The molecule has 0 rings (SSSR count). The van der Waals surface area contributed by atoms with Crippen molar-refractivity contribution in [1.82, 2.24) is 4.72 Å². The van der Waals surface area contributed by atoms with Gasteiger partial charge in [0.25, 0.3) is 0 Å². The number of rotatable bonds is 4. The molecule has 0 radical (unpaired) electrons. The van der Waals surface area contributed by atoms with Gasteiger partial charge in [0.05, 0.1) is 5.25 Å². The smallest absolute Gasteiger partial charge is 0.237 e. The van der Waals surface area contributed by atoms with E-state index >= 15 is 0 Å².